The van der Waals surface area contributed by atoms with Gasteiger partial charge in [-0.3, -0.25) is 4.79 Å². The third kappa shape index (κ3) is 3.03. The maximum atomic E-state index is 12.0. The van der Waals surface area contributed by atoms with Crippen molar-refractivity contribution in [1.82, 2.24) is 19.8 Å². The number of rotatable bonds is 6. The summed E-state index contributed by atoms with van der Waals surface area (Å²) in [5, 5.41) is 0. The number of para-hydroxylation sites is 2. The lowest BCUT2D eigenvalue weighted by molar-refractivity contribution is -0.128. The molecule has 128 valence electrons. The number of methoxy groups -OCH3 is 1. The van der Waals surface area contributed by atoms with Crippen LogP contribution >= 0.6 is 0 Å². The van der Waals surface area contributed by atoms with Crippen molar-refractivity contribution in [1.29, 1.82) is 0 Å². The molecule has 24 heavy (non-hydrogen) atoms. The lowest BCUT2D eigenvalue weighted by atomic mass is 9.97. The Morgan fingerprint density at radius 1 is 1.29 bits per heavy atom. The number of H-pyrrole nitrogens is 1. The second-order valence-corrected chi connectivity index (χ2v) is 6.96. The molecule has 0 bridgehead atoms. The molecule has 1 N–H and O–H groups in total. The molecule has 1 atom stereocenters. The first kappa shape index (κ1) is 15.6. The van der Waals surface area contributed by atoms with Crippen LogP contribution in [-0.4, -0.2) is 72.1 Å². The van der Waals surface area contributed by atoms with Gasteiger partial charge in [0.1, 0.15) is 5.82 Å². The minimum Gasteiger partial charge on any atom is -0.383 e. The van der Waals surface area contributed by atoms with E-state index in [-0.39, 0.29) is 5.91 Å². The molecule has 4 rings (SSSR count). The van der Waals surface area contributed by atoms with Gasteiger partial charge in [-0.15, -0.1) is 0 Å². The molecule has 3 heterocycles. The van der Waals surface area contributed by atoms with Crippen LogP contribution in [0.3, 0.4) is 0 Å². The van der Waals surface area contributed by atoms with E-state index < -0.39 is 0 Å². The molecule has 2 fully saturated rings. The lowest BCUT2D eigenvalue weighted by Gasteiger charge is -2.39. The third-order valence-electron chi connectivity index (χ3n) is 5.13. The summed E-state index contributed by atoms with van der Waals surface area (Å²) in [6, 6.07) is 8.17. The van der Waals surface area contributed by atoms with Gasteiger partial charge in [-0.05, 0) is 18.1 Å². The quantitative estimate of drug-likeness (QED) is 0.872. The van der Waals surface area contributed by atoms with Crippen LogP contribution in [0, 0.1) is 5.92 Å². The molecule has 2 saturated heterocycles. The summed E-state index contributed by atoms with van der Waals surface area (Å²) in [6.07, 6.45) is 0.676. The van der Waals surface area contributed by atoms with E-state index in [1.807, 2.05) is 23.1 Å². The van der Waals surface area contributed by atoms with Crippen LogP contribution in [0.1, 0.15) is 18.2 Å². The molecule has 0 aliphatic carbocycles. The van der Waals surface area contributed by atoms with Crippen LogP contribution in [0.2, 0.25) is 0 Å². The number of ether oxygens (including phenoxy) is 1. The maximum absolute atomic E-state index is 12.0. The van der Waals surface area contributed by atoms with E-state index >= 15 is 0 Å². The van der Waals surface area contributed by atoms with Crippen molar-refractivity contribution in [3.8, 4) is 0 Å². The number of hydrogen-bond acceptors (Lipinski definition) is 4. The zero-order chi connectivity index (χ0) is 16.5. The SMILES string of the molecule is COCCN1C[C@@H](CN2CC(c3nc4ccccc4[nH]3)C2)CC1=O. The van der Waals surface area contributed by atoms with E-state index in [1.54, 1.807) is 7.11 Å². The van der Waals surface area contributed by atoms with Gasteiger partial charge in [0.05, 0.1) is 17.6 Å². The summed E-state index contributed by atoms with van der Waals surface area (Å²) in [5.74, 6) is 2.30. The van der Waals surface area contributed by atoms with E-state index in [0.717, 1.165) is 43.0 Å². The summed E-state index contributed by atoms with van der Waals surface area (Å²) >= 11 is 0. The number of carbonyl (C=O) groups is 1. The second kappa shape index (κ2) is 6.53. The zero-order valence-corrected chi connectivity index (χ0v) is 14.1. The second-order valence-electron chi connectivity index (χ2n) is 6.96. The number of imidazole rings is 1. The molecule has 0 saturated carbocycles. The molecule has 1 amide bonds. The fourth-order valence-electron chi connectivity index (χ4n) is 3.82. The van der Waals surface area contributed by atoms with E-state index in [0.29, 0.717) is 31.4 Å². The molecule has 1 aromatic heterocycles. The fourth-order valence-corrected chi connectivity index (χ4v) is 3.82. The molecule has 0 spiro atoms. The fraction of sp³-hybridized carbons (Fsp3) is 0.556. The molecule has 6 nitrogen and oxygen atoms in total. The highest BCUT2D eigenvalue weighted by Crippen LogP contribution is 2.29. The number of nitrogens with one attached hydrogen (secondary N) is 1. The van der Waals surface area contributed by atoms with Crippen molar-refractivity contribution >= 4 is 16.9 Å². The Morgan fingerprint density at radius 3 is 2.92 bits per heavy atom. The summed E-state index contributed by atoms with van der Waals surface area (Å²) in [4.78, 5) is 24.5. The van der Waals surface area contributed by atoms with Crippen molar-refractivity contribution in [3.05, 3.63) is 30.1 Å². The van der Waals surface area contributed by atoms with Crippen LogP contribution in [0.5, 0.6) is 0 Å². The summed E-state index contributed by atoms with van der Waals surface area (Å²) in [5.41, 5.74) is 2.15. The predicted molar refractivity (Wildman–Crippen MR) is 91.8 cm³/mol. The van der Waals surface area contributed by atoms with E-state index in [1.165, 1.54) is 0 Å². The number of nitrogens with zero attached hydrogens (tertiary/aromatic N) is 3. The van der Waals surface area contributed by atoms with Crippen molar-refractivity contribution in [3.63, 3.8) is 0 Å². The highest BCUT2D eigenvalue weighted by atomic mass is 16.5. The van der Waals surface area contributed by atoms with Crippen LogP contribution in [0.15, 0.2) is 24.3 Å². The van der Waals surface area contributed by atoms with E-state index in [2.05, 4.69) is 16.0 Å². The number of aromatic nitrogens is 2. The Bertz CT molecular complexity index is 690. The van der Waals surface area contributed by atoms with Gasteiger partial charge in [0.2, 0.25) is 5.91 Å². The summed E-state index contributed by atoms with van der Waals surface area (Å²) < 4.78 is 5.07. The summed E-state index contributed by atoms with van der Waals surface area (Å²) in [6.45, 7) is 5.27. The van der Waals surface area contributed by atoms with Crippen LogP contribution in [0.25, 0.3) is 11.0 Å². The largest absolute Gasteiger partial charge is 0.383 e. The minimum absolute atomic E-state index is 0.270. The highest BCUT2D eigenvalue weighted by Gasteiger charge is 2.35. The minimum atomic E-state index is 0.270. The smallest absolute Gasteiger partial charge is 0.223 e. The first-order chi connectivity index (χ1) is 11.7. The van der Waals surface area contributed by atoms with E-state index in [9.17, 15) is 4.79 Å². The number of benzene rings is 1. The van der Waals surface area contributed by atoms with Crippen molar-refractivity contribution in [2.24, 2.45) is 5.92 Å². The first-order valence-electron chi connectivity index (χ1n) is 8.66. The maximum Gasteiger partial charge on any atom is 0.223 e. The Hall–Kier alpha value is -1.92. The van der Waals surface area contributed by atoms with Gasteiger partial charge in [0.25, 0.3) is 0 Å². The molecule has 0 radical (unpaired) electrons. The number of hydrogen-bond donors (Lipinski definition) is 1. The Labute approximate surface area is 141 Å². The predicted octanol–water partition coefficient (Wildman–Crippen LogP) is 1.46. The number of carbonyl (C=O) groups excluding carboxylic acids is 1. The Morgan fingerprint density at radius 2 is 2.12 bits per heavy atom. The number of amides is 1. The third-order valence-corrected chi connectivity index (χ3v) is 5.13. The normalized spacial score (nSPS) is 22.5. The summed E-state index contributed by atoms with van der Waals surface area (Å²) in [7, 11) is 1.68. The van der Waals surface area contributed by atoms with Crippen LogP contribution in [-0.2, 0) is 9.53 Å². The van der Waals surface area contributed by atoms with Gasteiger partial charge in [-0.25, -0.2) is 4.98 Å². The molecule has 1 aromatic carbocycles. The standard InChI is InChI=1S/C18H24N4O2/c1-24-7-6-22-10-13(8-17(22)23)9-21-11-14(12-21)18-19-15-4-2-3-5-16(15)20-18/h2-5,13-14H,6-12H2,1H3,(H,19,20)/t13-/m1/s1. The molecular weight excluding hydrogens is 304 g/mol. The lowest BCUT2D eigenvalue weighted by Crippen LogP contribution is -2.47. The van der Waals surface area contributed by atoms with Crippen LogP contribution in [0.4, 0.5) is 0 Å². The highest BCUT2D eigenvalue weighted by molar-refractivity contribution is 5.78. The van der Waals surface area contributed by atoms with Gasteiger partial charge in [-0.2, -0.15) is 0 Å². The van der Waals surface area contributed by atoms with Gasteiger partial charge >= 0.3 is 0 Å². The van der Waals surface area contributed by atoms with Crippen LogP contribution < -0.4 is 0 Å². The number of aromatic amines is 1. The molecule has 0 unspecified atom stereocenters. The van der Waals surface area contributed by atoms with E-state index in [4.69, 9.17) is 9.72 Å². The average molecular weight is 328 g/mol. The number of fused-ring (bicyclic) bond motifs is 1. The topological polar surface area (TPSA) is 61.5 Å². The average Bonchev–Trinajstić information content (AvgIpc) is 3.11. The van der Waals surface area contributed by atoms with Gasteiger partial charge in [0, 0.05) is 52.2 Å². The number of likely N-dealkylation sites (tertiary alicyclic amines) is 2. The monoisotopic (exact) mass is 328 g/mol. The molecule has 2 aromatic rings. The van der Waals surface area contributed by atoms with Crippen molar-refractivity contribution in [2.45, 2.75) is 12.3 Å². The molecule has 2 aliphatic heterocycles. The molecular formula is C18H24N4O2. The zero-order valence-electron chi connectivity index (χ0n) is 14.1. The van der Waals surface area contributed by atoms with Gasteiger partial charge in [-0.1, -0.05) is 12.1 Å². The Kier molecular flexibility index (Phi) is 4.24. The van der Waals surface area contributed by atoms with Crippen molar-refractivity contribution < 1.29 is 9.53 Å². The van der Waals surface area contributed by atoms with Gasteiger partial charge < -0.3 is 19.5 Å². The first-order valence-corrected chi connectivity index (χ1v) is 8.66. The molecule has 2 aliphatic rings. The van der Waals surface area contributed by atoms with Crippen molar-refractivity contribution in [2.75, 3.05) is 46.4 Å². The Balaban J connectivity index is 1.28. The van der Waals surface area contributed by atoms with Gasteiger partial charge in [0.15, 0.2) is 0 Å². The molecule has 6 heteroatoms.